The summed E-state index contributed by atoms with van der Waals surface area (Å²) in [7, 11) is 0. The number of nitrogens with one attached hydrogen (secondary N) is 1. The van der Waals surface area contributed by atoms with Crippen LogP contribution in [0, 0.1) is 11.3 Å². The number of imide groups is 1. The van der Waals surface area contributed by atoms with Gasteiger partial charge in [-0.3, -0.25) is 4.79 Å². The summed E-state index contributed by atoms with van der Waals surface area (Å²) in [4.78, 5) is 25.3. The maximum Gasteiger partial charge on any atom is 0.414 e. The molecule has 118 valence electrons. The fourth-order valence-electron chi connectivity index (χ4n) is 4.25. The molecule has 0 bridgehead atoms. The topological polar surface area (TPSA) is 69.6 Å². The molecule has 1 fully saturated rings. The van der Waals surface area contributed by atoms with E-state index in [-0.39, 0.29) is 29.2 Å². The van der Waals surface area contributed by atoms with Crippen LogP contribution in [0.3, 0.4) is 0 Å². The molecule has 2 atom stereocenters. The van der Waals surface area contributed by atoms with E-state index in [1.165, 1.54) is 0 Å². The van der Waals surface area contributed by atoms with Crippen molar-refractivity contribution >= 4 is 17.7 Å². The zero-order chi connectivity index (χ0) is 16.1. The number of likely N-dealkylation sites (tertiary alicyclic amines) is 1. The number of para-hydroxylation sites is 1. The predicted molar refractivity (Wildman–Crippen MR) is 83.9 cm³/mol. The molecule has 2 amide bonds. The third kappa shape index (κ3) is 1.99. The number of nitrogens with zero attached hydrogens (tertiary/aromatic N) is 1. The fraction of sp³-hybridized carbons (Fsp3) is 0.529. The average molecular weight is 302 g/mol. The molecule has 1 aromatic carbocycles. The molecule has 2 unspecified atom stereocenters. The van der Waals surface area contributed by atoms with Crippen LogP contribution in [-0.4, -0.2) is 35.1 Å². The molecule has 0 aromatic heterocycles. The van der Waals surface area contributed by atoms with Crippen LogP contribution in [0.1, 0.15) is 32.8 Å². The van der Waals surface area contributed by atoms with E-state index in [0.29, 0.717) is 13.0 Å². The number of carbonyl (C=O) groups excluding carboxylic acids is 1. The van der Waals surface area contributed by atoms with Crippen LogP contribution >= 0.6 is 0 Å². The van der Waals surface area contributed by atoms with Crippen molar-refractivity contribution < 1.29 is 14.7 Å². The van der Waals surface area contributed by atoms with E-state index in [2.05, 4.69) is 11.4 Å². The van der Waals surface area contributed by atoms with Crippen molar-refractivity contribution in [3.8, 4) is 0 Å². The summed E-state index contributed by atoms with van der Waals surface area (Å²) >= 11 is 0. The van der Waals surface area contributed by atoms with E-state index in [9.17, 15) is 14.7 Å². The van der Waals surface area contributed by atoms with Crippen LogP contribution < -0.4 is 5.32 Å². The highest BCUT2D eigenvalue weighted by molar-refractivity contribution is 5.95. The first-order chi connectivity index (χ1) is 10.3. The summed E-state index contributed by atoms with van der Waals surface area (Å²) in [6.07, 6.45) is -0.481. The van der Waals surface area contributed by atoms with Crippen molar-refractivity contribution in [2.45, 2.75) is 32.6 Å². The molecule has 3 rings (SSSR count). The SMILES string of the molecule is CC(C)(C)C1C(=O)N(C(=O)O)CCC12CNc1ccccc12. The monoisotopic (exact) mass is 302 g/mol. The largest absolute Gasteiger partial charge is 0.465 e. The lowest BCUT2D eigenvalue weighted by atomic mass is 9.58. The minimum Gasteiger partial charge on any atom is -0.465 e. The van der Waals surface area contributed by atoms with Gasteiger partial charge in [-0.1, -0.05) is 39.0 Å². The first-order valence-electron chi connectivity index (χ1n) is 7.65. The molecule has 1 aromatic rings. The number of rotatable bonds is 0. The van der Waals surface area contributed by atoms with Gasteiger partial charge in [-0.25, -0.2) is 9.69 Å². The van der Waals surface area contributed by atoms with Gasteiger partial charge >= 0.3 is 6.09 Å². The number of carbonyl (C=O) groups is 2. The summed E-state index contributed by atoms with van der Waals surface area (Å²) in [5, 5.41) is 12.7. The highest BCUT2D eigenvalue weighted by Crippen LogP contribution is 2.53. The summed E-state index contributed by atoms with van der Waals surface area (Å²) < 4.78 is 0. The Morgan fingerprint density at radius 2 is 2.05 bits per heavy atom. The zero-order valence-corrected chi connectivity index (χ0v) is 13.2. The summed E-state index contributed by atoms with van der Waals surface area (Å²) in [6.45, 7) is 7.00. The van der Waals surface area contributed by atoms with E-state index in [4.69, 9.17) is 0 Å². The van der Waals surface area contributed by atoms with Gasteiger partial charge in [0.05, 0.1) is 5.92 Å². The first kappa shape index (κ1) is 14.9. The fourth-order valence-corrected chi connectivity index (χ4v) is 4.25. The van der Waals surface area contributed by atoms with Crippen LogP contribution in [-0.2, 0) is 10.2 Å². The lowest BCUT2D eigenvalue weighted by molar-refractivity contribution is -0.144. The van der Waals surface area contributed by atoms with Gasteiger partial charge in [0.2, 0.25) is 5.91 Å². The second kappa shape index (κ2) is 4.73. The Bertz CT molecular complexity index is 635. The molecular formula is C17H22N2O3. The summed E-state index contributed by atoms with van der Waals surface area (Å²) in [5.41, 5.74) is 1.57. The van der Waals surface area contributed by atoms with Gasteiger partial charge in [-0.05, 0) is 23.5 Å². The molecule has 5 heteroatoms. The van der Waals surface area contributed by atoms with Crippen LogP contribution in [0.5, 0.6) is 0 Å². The number of benzene rings is 1. The smallest absolute Gasteiger partial charge is 0.414 e. The van der Waals surface area contributed by atoms with Gasteiger partial charge in [-0.15, -0.1) is 0 Å². The van der Waals surface area contributed by atoms with Crippen molar-refractivity contribution in [2.24, 2.45) is 11.3 Å². The predicted octanol–water partition coefficient (Wildman–Crippen LogP) is 2.92. The Hall–Kier alpha value is -2.04. The van der Waals surface area contributed by atoms with E-state index in [1.807, 2.05) is 39.0 Å². The van der Waals surface area contributed by atoms with E-state index in [1.54, 1.807) is 0 Å². The third-order valence-corrected chi connectivity index (χ3v) is 5.00. The number of anilines is 1. The van der Waals surface area contributed by atoms with Crippen LogP contribution in [0.25, 0.3) is 0 Å². The third-order valence-electron chi connectivity index (χ3n) is 5.00. The molecule has 2 heterocycles. The van der Waals surface area contributed by atoms with Crippen molar-refractivity contribution in [2.75, 3.05) is 18.4 Å². The molecule has 22 heavy (non-hydrogen) atoms. The zero-order valence-electron chi connectivity index (χ0n) is 13.2. The Labute approximate surface area is 130 Å². The number of hydrogen-bond acceptors (Lipinski definition) is 3. The van der Waals surface area contributed by atoms with Crippen molar-refractivity contribution in [3.05, 3.63) is 29.8 Å². The van der Waals surface area contributed by atoms with Crippen LogP contribution in [0.2, 0.25) is 0 Å². The second-order valence-electron chi connectivity index (χ2n) is 7.38. The van der Waals surface area contributed by atoms with E-state index in [0.717, 1.165) is 16.2 Å². The second-order valence-corrected chi connectivity index (χ2v) is 7.38. The van der Waals surface area contributed by atoms with E-state index >= 15 is 0 Å². The minimum atomic E-state index is -1.15. The number of amides is 2. The normalized spacial score (nSPS) is 27.7. The Kier molecular flexibility index (Phi) is 3.20. The maximum absolute atomic E-state index is 12.9. The van der Waals surface area contributed by atoms with E-state index < -0.39 is 6.09 Å². The van der Waals surface area contributed by atoms with Gasteiger partial charge in [0.15, 0.2) is 0 Å². The summed E-state index contributed by atoms with van der Waals surface area (Å²) in [5.74, 6) is -0.634. The van der Waals surface area contributed by atoms with Gasteiger partial charge in [0.1, 0.15) is 0 Å². The Morgan fingerprint density at radius 3 is 2.68 bits per heavy atom. The molecule has 5 nitrogen and oxygen atoms in total. The lowest BCUT2D eigenvalue weighted by Crippen LogP contribution is -2.59. The maximum atomic E-state index is 12.9. The Morgan fingerprint density at radius 1 is 1.36 bits per heavy atom. The minimum absolute atomic E-state index is 0.261. The van der Waals surface area contributed by atoms with Crippen molar-refractivity contribution in [3.63, 3.8) is 0 Å². The molecule has 2 aliphatic rings. The standard InChI is InChI=1S/C17H22N2O3/c1-16(2,3)13-14(20)19(15(21)22)9-8-17(13)10-18-12-7-5-4-6-11(12)17/h4-7,13,18H,8-10H2,1-3H3,(H,21,22). The van der Waals surface area contributed by atoms with Crippen molar-refractivity contribution in [1.82, 2.24) is 4.90 Å². The molecule has 2 N–H and O–H groups in total. The quantitative estimate of drug-likeness (QED) is 0.773. The molecule has 0 saturated carbocycles. The van der Waals surface area contributed by atoms with Crippen molar-refractivity contribution in [1.29, 1.82) is 0 Å². The van der Waals surface area contributed by atoms with Crippen LogP contribution in [0.4, 0.5) is 10.5 Å². The molecule has 1 spiro atoms. The van der Waals surface area contributed by atoms with Gasteiger partial charge in [-0.2, -0.15) is 0 Å². The Balaban J connectivity index is 2.12. The molecule has 0 aliphatic carbocycles. The van der Waals surface area contributed by atoms with Gasteiger partial charge < -0.3 is 10.4 Å². The summed E-state index contributed by atoms with van der Waals surface area (Å²) in [6, 6.07) is 8.06. The highest BCUT2D eigenvalue weighted by Gasteiger charge is 2.57. The molecular weight excluding hydrogens is 280 g/mol. The number of fused-ring (bicyclic) bond motifs is 2. The lowest BCUT2D eigenvalue weighted by Gasteiger charge is -2.49. The molecule has 2 aliphatic heterocycles. The molecule has 0 radical (unpaired) electrons. The van der Waals surface area contributed by atoms with Crippen LogP contribution in [0.15, 0.2) is 24.3 Å². The van der Waals surface area contributed by atoms with Gasteiger partial charge in [0, 0.05) is 24.2 Å². The first-order valence-corrected chi connectivity index (χ1v) is 7.65. The number of hydrogen-bond donors (Lipinski definition) is 2. The average Bonchev–Trinajstić information content (AvgIpc) is 2.77. The molecule has 1 saturated heterocycles. The number of piperidine rings is 1. The number of carboxylic acid groups (broad SMARTS) is 1. The van der Waals surface area contributed by atoms with Gasteiger partial charge in [0.25, 0.3) is 0 Å². The highest BCUT2D eigenvalue weighted by atomic mass is 16.4.